The second kappa shape index (κ2) is 29.5. The van der Waals surface area contributed by atoms with Gasteiger partial charge in [0.1, 0.15) is 0 Å². The normalized spacial score (nSPS) is 7.86. The molecule has 0 heterocycles. The topological polar surface area (TPSA) is 58.9 Å². The zero-order valence-electron chi connectivity index (χ0n) is 8.78. The molecule has 0 saturated heterocycles. The Labute approximate surface area is 86.5 Å². The van der Waals surface area contributed by atoms with E-state index in [9.17, 15) is 0 Å². The summed E-state index contributed by atoms with van der Waals surface area (Å²) >= 11 is 0. The quantitative estimate of drug-likeness (QED) is 0.473. The van der Waals surface area contributed by atoms with Crippen LogP contribution in [0.1, 0.15) is 0 Å². The first kappa shape index (κ1) is 19.0. The highest BCUT2D eigenvalue weighted by molar-refractivity contribution is 4.30. The van der Waals surface area contributed by atoms with Gasteiger partial charge in [-0.15, -0.1) is 26.3 Å². The molecule has 86 valence electrons. The molecule has 0 bridgehead atoms. The molecule has 0 spiro atoms. The van der Waals surface area contributed by atoms with Crippen molar-refractivity contribution < 1.29 is 19.7 Å². The van der Waals surface area contributed by atoms with Crippen LogP contribution in [0.4, 0.5) is 0 Å². The maximum Gasteiger partial charge on any atom is 0.0701 e. The van der Waals surface area contributed by atoms with E-state index in [1.807, 2.05) is 0 Å². The first-order valence-electron chi connectivity index (χ1n) is 4.29. The monoisotopic (exact) mass is 206 g/mol. The molecule has 0 aromatic rings. The van der Waals surface area contributed by atoms with Crippen molar-refractivity contribution in [1.82, 2.24) is 0 Å². The summed E-state index contributed by atoms with van der Waals surface area (Å²) in [7, 11) is 0. The van der Waals surface area contributed by atoms with Crippen molar-refractivity contribution in [3.05, 3.63) is 26.3 Å². The Morgan fingerprint density at radius 2 is 0.929 bits per heavy atom. The van der Waals surface area contributed by atoms with Gasteiger partial charge in [-0.3, -0.25) is 0 Å². The van der Waals surface area contributed by atoms with Crippen molar-refractivity contribution in [2.75, 3.05) is 39.6 Å². The molecule has 0 aliphatic rings. The number of aliphatic hydroxyl groups is 2. The van der Waals surface area contributed by atoms with Crippen LogP contribution >= 0.6 is 0 Å². The maximum absolute atomic E-state index is 8.26. The Kier molecular flexibility index (Phi) is 40.0. The average molecular weight is 206 g/mol. The van der Waals surface area contributed by atoms with Crippen molar-refractivity contribution in [3.8, 4) is 0 Å². The van der Waals surface area contributed by atoms with E-state index in [4.69, 9.17) is 19.7 Å². The number of ether oxygens (including phenoxy) is 2. The zero-order chi connectivity index (χ0) is 11.7. The molecule has 14 heavy (non-hydrogen) atoms. The van der Waals surface area contributed by atoms with Gasteiger partial charge < -0.3 is 19.7 Å². The standard InChI is InChI=1S/C6H14O4.2C2H4/c7-1-3-9-5-6-10-4-2-8;2*1-2/h7-8H,1-6H2;2*1-2H2. The van der Waals surface area contributed by atoms with Crippen molar-refractivity contribution in [2.45, 2.75) is 0 Å². The third kappa shape index (κ3) is 30.2. The van der Waals surface area contributed by atoms with E-state index < -0.39 is 0 Å². The van der Waals surface area contributed by atoms with Gasteiger partial charge in [-0.2, -0.15) is 0 Å². The summed E-state index contributed by atoms with van der Waals surface area (Å²) in [5.74, 6) is 0. The highest BCUT2D eigenvalue weighted by atomic mass is 16.5. The van der Waals surface area contributed by atoms with Crippen LogP contribution in [-0.4, -0.2) is 49.9 Å². The fraction of sp³-hybridized carbons (Fsp3) is 0.600. The summed E-state index contributed by atoms with van der Waals surface area (Å²) in [4.78, 5) is 0. The molecule has 0 atom stereocenters. The Balaban J connectivity index is -0.000000266. The number of hydrogen-bond donors (Lipinski definition) is 2. The van der Waals surface area contributed by atoms with Crippen LogP contribution in [0.2, 0.25) is 0 Å². The zero-order valence-corrected chi connectivity index (χ0v) is 8.78. The minimum absolute atomic E-state index is 0.0417. The summed E-state index contributed by atoms with van der Waals surface area (Å²) in [6, 6.07) is 0. The smallest absolute Gasteiger partial charge is 0.0701 e. The minimum atomic E-state index is 0.0417. The Bertz CT molecular complexity index is 68.5. The largest absolute Gasteiger partial charge is 0.394 e. The number of aliphatic hydroxyl groups excluding tert-OH is 2. The first-order valence-corrected chi connectivity index (χ1v) is 4.29. The van der Waals surface area contributed by atoms with E-state index in [0.29, 0.717) is 26.4 Å². The van der Waals surface area contributed by atoms with Crippen LogP contribution in [0.5, 0.6) is 0 Å². The lowest BCUT2D eigenvalue weighted by Crippen LogP contribution is -2.09. The van der Waals surface area contributed by atoms with Crippen molar-refractivity contribution in [2.24, 2.45) is 0 Å². The van der Waals surface area contributed by atoms with Gasteiger partial charge in [-0.05, 0) is 0 Å². The van der Waals surface area contributed by atoms with Crippen LogP contribution in [-0.2, 0) is 9.47 Å². The molecule has 0 aromatic carbocycles. The van der Waals surface area contributed by atoms with Gasteiger partial charge in [0.2, 0.25) is 0 Å². The lowest BCUT2D eigenvalue weighted by atomic mass is 10.7. The highest BCUT2D eigenvalue weighted by Gasteiger charge is 1.86. The van der Waals surface area contributed by atoms with Crippen LogP contribution in [0.15, 0.2) is 26.3 Å². The lowest BCUT2D eigenvalue weighted by molar-refractivity contribution is 0.0222. The molecule has 0 fully saturated rings. The third-order valence-electron chi connectivity index (χ3n) is 0.843. The summed E-state index contributed by atoms with van der Waals surface area (Å²) in [5.41, 5.74) is 0. The van der Waals surface area contributed by atoms with E-state index in [-0.39, 0.29) is 13.2 Å². The molecular weight excluding hydrogens is 184 g/mol. The van der Waals surface area contributed by atoms with Crippen LogP contribution in [0.3, 0.4) is 0 Å². The highest BCUT2D eigenvalue weighted by Crippen LogP contribution is 1.76. The fourth-order valence-electron chi connectivity index (χ4n) is 0.451. The van der Waals surface area contributed by atoms with Crippen LogP contribution in [0, 0.1) is 0 Å². The molecule has 0 aliphatic heterocycles. The second-order valence-corrected chi connectivity index (χ2v) is 1.67. The summed E-state index contributed by atoms with van der Waals surface area (Å²) in [6.07, 6.45) is 0. The molecule has 0 unspecified atom stereocenters. The number of rotatable bonds is 7. The van der Waals surface area contributed by atoms with Gasteiger partial charge in [0.25, 0.3) is 0 Å². The molecule has 0 rings (SSSR count). The maximum atomic E-state index is 8.26. The van der Waals surface area contributed by atoms with Gasteiger partial charge in [0.05, 0.1) is 39.6 Å². The van der Waals surface area contributed by atoms with Gasteiger partial charge in [0.15, 0.2) is 0 Å². The predicted octanol–water partition coefficient (Wildman–Crippen LogP) is 0.609. The minimum Gasteiger partial charge on any atom is -0.394 e. The molecule has 2 N–H and O–H groups in total. The molecular formula is C10H22O4. The van der Waals surface area contributed by atoms with E-state index in [1.165, 1.54) is 0 Å². The summed E-state index contributed by atoms with van der Waals surface area (Å²) in [6.45, 7) is 13.7. The average Bonchev–Trinajstić information content (AvgIpc) is 2.29. The van der Waals surface area contributed by atoms with Crippen molar-refractivity contribution in [3.63, 3.8) is 0 Å². The van der Waals surface area contributed by atoms with E-state index in [1.54, 1.807) is 0 Å². The van der Waals surface area contributed by atoms with Gasteiger partial charge >= 0.3 is 0 Å². The predicted molar refractivity (Wildman–Crippen MR) is 58.3 cm³/mol. The molecule has 0 amide bonds. The van der Waals surface area contributed by atoms with Gasteiger partial charge in [-0.1, -0.05) is 0 Å². The number of hydrogen-bond acceptors (Lipinski definition) is 4. The Morgan fingerprint density at radius 1 is 0.643 bits per heavy atom. The van der Waals surface area contributed by atoms with Crippen molar-refractivity contribution in [1.29, 1.82) is 0 Å². The van der Waals surface area contributed by atoms with Crippen LogP contribution < -0.4 is 0 Å². The fourth-order valence-corrected chi connectivity index (χ4v) is 0.451. The van der Waals surface area contributed by atoms with E-state index in [0.717, 1.165) is 0 Å². The molecule has 4 nitrogen and oxygen atoms in total. The van der Waals surface area contributed by atoms with E-state index in [2.05, 4.69) is 26.3 Å². The van der Waals surface area contributed by atoms with E-state index >= 15 is 0 Å². The SMILES string of the molecule is C=C.C=C.OCCOCCOCCO. The Hall–Kier alpha value is -0.680. The molecule has 0 saturated carbocycles. The first-order chi connectivity index (χ1) is 6.91. The van der Waals surface area contributed by atoms with Crippen LogP contribution in [0.25, 0.3) is 0 Å². The third-order valence-corrected chi connectivity index (χ3v) is 0.843. The summed E-state index contributed by atoms with van der Waals surface area (Å²) in [5, 5.41) is 16.5. The molecule has 0 aliphatic carbocycles. The van der Waals surface area contributed by atoms with Gasteiger partial charge in [-0.25, -0.2) is 0 Å². The second-order valence-electron chi connectivity index (χ2n) is 1.67. The molecule has 4 heteroatoms. The Morgan fingerprint density at radius 3 is 1.14 bits per heavy atom. The van der Waals surface area contributed by atoms with Crippen molar-refractivity contribution >= 4 is 0 Å². The summed E-state index contributed by atoms with van der Waals surface area (Å²) < 4.78 is 9.75. The molecule has 0 aromatic heterocycles. The molecule has 0 radical (unpaired) electrons. The van der Waals surface area contributed by atoms with Gasteiger partial charge in [0, 0.05) is 0 Å². The lowest BCUT2D eigenvalue weighted by Gasteiger charge is -2.01.